The van der Waals surface area contributed by atoms with E-state index in [-0.39, 0.29) is 0 Å². The van der Waals surface area contributed by atoms with Gasteiger partial charge < -0.3 is 5.32 Å². The highest BCUT2D eigenvalue weighted by Crippen LogP contribution is 2.41. The van der Waals surface area contributed by atoms with Gasteiger partial charge in [0.05, 0.1) is 5.69 Å². The molecule has 0 saturated heterocycles. The summed E-state index contributed by atoms with van der Waals surface area (Å²) in [6.07, 6.45) is 5.01. The Morgan fingerprint density at radius 1 is 1.42 bits per heavy atom. The minimum Gasteiger partial charge on any atom is -0.308 e. The van der Waals surface area contributed by atoms with Gasteiger partial charge in [-0.3, -0.25) is 0 Å². The molecule has 19 heavy (non-hydrogen) atoms. The molecule has 0 saturated carbocycles. The van der Waals surface area contributed by atoms with E-state index in [1.54, 1.807) is 4.88 Å². The van der Waals surface area contributed by atoms with Crippen molar-refractivity contribution in [2.75, 3.05) is 0 Å². The van der Waals surface area contributed by atoms with Crippen molar-refractivity contribution in [2.24, 2.45) is 11.3 Å². The summed E-state index contributed by atoms with van der Waals surface area (Å²) in [5.74, 6) is 0.830. The van der Waals surface area contributed by atoms with Crippen molar-refractivity contribution in [3.63, 3.8) is 0 Å². The molecule has 108 valence electrons. The van der Waals surface area contributed by atoms with E-state index < -0.39 is 0 Å². The van der Waals surface area contributed by atoms with Crippen LogP contribution in [-0.2, 0) is 19.4 Å². The van der Waals surface area contributed by atoms with Crippen molar-refractivity contribution in [3.05, 3.63) is 15.6 Å². The van der Waals surface area contributed by atoms with Gasteiger partial charge in [0, 0.05) is 17.5 Å². The number of fused-ring (bicyclic) bond motifs is 1. The molecule has 1 N–H and O–H groups in total. The normalized spacial score (nSPS) is 19.8. The van der Waals surface area contributed by atoms with Crippen LogP contribution < -0.4 is 5.32 Å². The molecule has 0 radical (unpaired) electrons. The van der Waals surface area contributed by atoms with Crippen LogP contribution in [0.2, 0.25) is 0 Å². The van der Waals surface area contributed by atoms with Gasteiger partial charge in [-0.15, -0.1) is 11.3 Å². The van der Waals surface area contributed by atoms with Gasteiger partial charge in [0.1, 0.15) is 5.01 Å². The number of thiazole rings is 1. The lowest BCUT2D eigenvalue weighted by atomic mass is 9.70. The van der Waals surface area contributed by atoms with Gasteiger partial charge in [0.25, 0.3) is 0 Å². The Kier molecular flexibility index (Phi) is 4.67. The fourth-order valence-electron chi connectivity index (χ4n) is 2.75. The average Bonchev–Trinajstić information content (AvgIpc) is 2.78. The fraction of sp³-hybridized carbons (Fsp3) is 0.812. The number of aromatic nitrogens is 1. The summed E-state index contributed by atoms with van der Waals surface area (Å²) in [6, 6.07) is 0.535. The lowest BCUT2D eigenvalue weighted by Gasteiger charge is -2.35. The highest BCUT2D eigenvalue weighted by Gasteiger charge is 2.32. The molecule has 0 aromatic carbocycles. The largest absolute Gasteiger partial charge is 0.308 e. The summed E-state index contributed by atoms with van der Waals surface area (Å²) in [5, 5.41) is 4.74. The Morgan fingerprint density at radius 3 is 2.79 bits per heavy atom. The second-order valence-electron chi connectivity index (χ2n) is 6.79. The summed E-state index contributed by atoms with van der Waals surface area (Å²) in [5.41, 5.74) is 1.85. The first-order valence-corrected chi connectivity index (χ1v) is 8.45. The van der Waals surface area contributed by atoms with Gasteiger partial charge >= 0.3 is 0 Å². The molecule has 0 spiro atoms. The summed E-state index contributed by atoms with van der Waals surface area (Å²) in [6.45, 7) is 12.5. The van der Waals surface area contributed by atoms with Crippen LogP contribution in [0.3, 0.4) is 0 Å². The van der Waals surface area contributed by atoms with Gasteiger partial charge in [0.2, 0.25) is 0 Å². The zero-order valence-corrected chi connectivity index (χ0v) is 13.9. The maximum absolute atomic E-state index is 4.82. The second-order valence-corrected chi connectivity index (χ2v) is 7.96. The number of rotatable bonds is 5. The summed E-state index contributed by atoms with van der Waals surface area (Å²) < 4.78 is 0. The third kappa shape index (κ3) is 3.57. The Morgan fingerprint density at radius 2 is 2.16 bits per heavy atom. The molecule has 2 rings (SSSR count). The van der Waals surface area contributed by atoms with Gasteiger partial charge in [-0.05, 0) is 30.6 Å². The van der Waals surface area contributed by atoms with E-state index in [1.165, 1.54) is 36.4 Å². The third-order valence-electron chi connectivity index (χ3n) is 4.66. The number of aryl methyl sites for hydroxylation is 1. The molecule has 0 amide bonds. The van der Waals surface area contributed by atoms with Crippen LogP contribution >= 0.6 is 11.3 Å². The van der Waals surface area contributed by atoms with Crippen LogP contribution in [0.1, 0.15) is 63.0 Å². The summed E-state index contributed by atoms with van der Waals surface area (Å²) >= 11 is 1.93. The van der Waals surface area contributed by atoms with E-state index in [2.05, 4.69) is 39.9 Å². The van der Waals surface area contributed by atoms with Crippen LogP contribution in [0.5, 0.6) is 0 Å². The molecule has 1 aliphatic carbocycles. The molecule has 0 fully saturated rings. The quantitative estimate of drug-likeness (QED) is 0.875. The number of nitrogens with zero attached hydrogens (tertiary/aromatic N) is 1. The molecule has 0 bridgehead atoms. The van der Waals surface area contributed by atoms with E-state index in [0.29, 0.717) is 11.5 Å². The molecule has 1 aromatic rings. The van der Waals surface area contributed by atoms with Crippen LogP contribution in [0, 0.1) is 11.3 Å². The highest BCUT2D eigenvalue weighted by molar-refractivity contribution is 7.11. The monoisotopic (exact) mass is 280 g/mol. The number of hydrogen-bond acceptors (Lipinski definition) is 3. The lowest BCUT2D eigenvalue weighted by Crippen LogP contribution is -2.28. The molecule has 1 aliphatic rings. The zero-order valence-electron chi connectivity index (χ0n) is 13.0. The molecule has 2 nitrogen and oxygen atoms in total. The first kappa shape index (κ1) is 15.0. The SMILES string of the molecule is CCC(C)(C)C1CCc2nc(CNC(C)C)sc2C1. The minimum atomic E-state index is 0.470. The molecule has 1 heterocycles. The lowest BCUT2D eigenvalue weighted by molar-refractivity contribution is 0.183. The highest BCUT2D eigenvalue weighted by atomic mass is 32.1. The van der Waals surface area contributed by atoms with Gasteiger partial charge in [-0.1, -0.05) is 41.0 Å². The number of nitrogens with one attached hydrogen (secondary N) is 1. The number of hydrogen-bond donors (Lipinski definition) is 1. The van der Waals surface area contributed by atoms with E-state index in [1.807, 2.05) is 11.3 Å². The zero-order chi connectivity index (χ0) is 14.0. The molecule has 1 atom stereocenters. The Hall–Kier alpha value is -0.410. The van der Waals surface area contributed by atoms with Crippen molar-refractivity contribution >= 4 is 11.3 Å². The van der Waals surface area contributed by atoms with Gasteiger partial charge in [-0.2, -0.15) is 0 Å². The van der Waals surface area contributed by atoms with Crippen molar-refractivity contribution in [3.8, 4) is 0 Å². The summed E-state index contributed by atoms with van der Waals surface area (Å²) in [4.78, 5) is 6.38. The predicted octanol–water partition coefficient (Wildman–Crippen LogP) is 4.18. The fourth-order valence-corrected chi connectivity index (χ4v) is 3.90. The second kappa shape index (κ2) is 5.92. The maximum Gasteiger partial charge on any atom is 0.107 e. The molecular weight excluding hydrogens is 252 g/mol. The van der Waals surface area contributed by atoms with Crippen molar-refractivity contribution in [1.29, 1.82) is 0 Å². The van der Waals surface area contributed by atoms with Crippen molar-refractivity contribution < 1.29 is 0 Å². The Bertz CT molecular complexity index is 420. The molecule has 0 aliphatic heterocycles. The average molecular weight is 280 g/mol. The van der Waals surface area contributed by atoms with E-state index >= 15 is 0 Å². The minimum absolute atomic E-state index is 0.470. The Balaban J connectivity index is 2.05. The molecule has 1 unspecified atom stereocenters. The van der Waals surface area contributed by atoms with Crippen molar-refractivity contribution in [2.45, 2.75) is 72.9 Å². The first-order valence-electron chi connectivity index (χ1n) is 7.63. The Labute approximate surface area is 122 Å². The van der Waals surface area contributed by atoms with Crippen LogP contribution in [0.15, 0.2) is 0 Å². The first-order chi connectivity index (χ1) is 8.92. The maximum atomic E-state index is 4.82. The van der Waals surface area contributed by atoms with E-state index in [4.69, 9.17) is 4.98 Å². The molecular formula is C16H28N2S. The van der Waals surface area contributed by atoms with Gasteiger partial charge in [-0.25, -0.2) is 4.98 Å². The van der Waals surface area contributed by atoms with Gasteiger partial charge in [0.15, 0.2) is 0 Å². The van der Waals surface area contributed by atoms with E-state index in [0.717, 1.165) is 12.5 Å². The predicted molar refractivity (Wildman–Crippen MR) is 83.7 cm³/mol. The topological polar surface area (TPSA) is 24.9 Å². The van der Waals surface area contributed by atoms with Crippen LogP contribution in [0.25, 0.3) is 0 Å². The van der Waals surface area contributed by atoms with Crippen molar-refractivity contribution in [1.82, 2.24) is 10.3 Å². The standard InChI is InChI=1S/C16H28N2S/c1-6-16(4,5)12-7-8-13-14(9-12)19-15(18-13)10-17-11(2)3/h11-12,17H,6-10H2,1-5H3. The van der Waals surface area contributed by atoms with Crippen LogP contribution in [0.4, 0.5) is 0 Å². The molecule has 1 aromatic heterocycles. The third-order valence-corrected chi connectivity index (χ3v) is 5.78. The van der Waals surface area contributed by atoms with Crippen LogP contribution in [-0.4, -0.2) is 11.0 Å². The molecule has 3 heteroatoms. The smallest absolute Gasteiger partial charge is 0.107 e. The van der Waals surface area contributed by atoms with E-state index in [9.17, 15) is 0 Å². The summed E-state index contributed by atoms with van der Waals surface area (Å²) in [7, 11) is 0.